The van der Waals surface area contributed by atoms with Crippen LogP contribution in [0.3, 0.4) is 0 Å². The van der Waals surface area contributed by atoms with Gasteiger partial charge in [-0.25, -0.2) is 5.01 Å². The number of nitrogens with two attached hydrogens (primary N) is 1. The Hall–Kier alpha value is -1.43. The molecule has 5 heteroatoms. The monoisotopic (exact) mass is 248 g/mol. The van der Waals surface area contributed by atoms with Crippen molar-refractivity contribution in [3.63, 3.8) is 0 Å². The first-order valence-electron chi connectivity index (χ1n) is 6.21. The van der Waals surface area contributed by atoms with Crippen LogP contribution in [0.5, 0.6) is 0 Å². The van der Waals surface area contributed by atoms with E-state index in [-0.39, 0.29) is 5.91 Å². The second-order valence-corrected chi connectivity index (χ2v) is 4.65. The minimum absolute atomic E-state index is 0.147. The SMILES string of the molecule is CN1CCN(NC(=O)[C@H](N)c2ccccc2)CC1. The summed E-state index contributed by atoms with van der Waals surface area (Å²) in [5.41, 5.74) is 9.65. The van der Waals surface area contributed by atoms with Gasteiger partial charge in [0.05, 0.1) is 0 Å². The molecule has 98 valence electrons. The van der Waals surface area contributed by atoms with Gasteiger partial charge >= 0.3 is 0 Å². The first-order valence-corrected chi connectivity index (χ1v) is 6.21. The molecule has 1 aliphatic rings. The maximum atomic E-state index is 12.0. The third-order valence-corrected chi connectivity index (χ3v) is 3.21. The van der Waals surface area contributed by atoms with Crippen LogP contribution in [-0.2, 0) is 4.79 Å². The molecule has 5 nitrogen and oxygen atoms in total. The molecule has 0 aromatic heterocycles. The molecule has 0 saturated carbocycles. The molecular formula is C13H20N4O. The summed E-state index contributed by atoms with van der Waals surface area (Å²) in [5, 5.41) is 1.94. The van der Waals surface area contributed by atoms with E-state index in [1.807, 2.05) is 35.3 Å². The molecule has 1 aromatic carbocycles. The van der Waals surface area contributed by atoms with Crippen LogP contribution in [0, 0.1) is 0 Å². The Balaban J connectivity index is 1.88. The summed E-state index contributed by atoms with van der Waals surface area (Å²) >= 11 is 0. The average molecular weight is 248 g/mol. The number of hydrazine groups is 1. The highest BCUT2D eigenvalue weighted by molar-refractivity contribution is 5.82. The van der Waals surface area contributed by atoms with Crippen molar-refractivity contribution < 1.29 is 4.79 Å². The second kappa shape index (κ2) is 5.95. The summed E-state index contributed by atoms with van der Waals surface area (Å²) in [6, 6.07) is 8.82. The van der Waals surface area contributed by atoms with Gasteiger partial charge in [0.15, 0.2) is 0 Å². The van der Waals surface area contributed by atoms with Crippen LogP contribution in [0.4, 0.5) is 0 Å². The molecular weight excluding hydrogens is 228 g/mol. The van der Waals surface area contributed by atoms with Crippen molar-refractivity contribution in [3.05, 3.63) is 35.9 Å². The molecule has 1 atom stereocenters. The van der Waals surface area contributed by atoms with Gasteiger partial charge in [0.2, 0.25) is 0 Å². The Kier molecular flexibility index (Phi) is 4.30. The number of rotatable bonds is 3. The quantitative estimate of drug-likeness (QED) is 0.788. The number of nitrogens with one attached hydrogen (secondary N) is 1. The second-order valence-electron chi connectivity index (χ2n) is 4.65. The molecule has 1 fully saturated rings. The molecule has 1 saturated heterocycles. The van der Waals surface area contributed by atoms with Crippen LogP contribution < -0.4 is 11.2 Å². The lowest BCUT2D eigenvalue weighted by Gasteiger charge is -2.33. The lowest BCUT2D eigenvalue weighted by atomic mass is 10.1. The van der Waals surface area contributed by atoms with Crippen molar-refractivity contribution in [1.82, 2.24) is 15.3 Å². The molecule has 1 heterocycles. The van der Waals surface area contributed by atoms with Crippen LogP contribution >= 0.6 is 0 Å². The topological polar surface area (TPSA) is 61.6 Å². The molecule has 0 bridgehead atoms. The molecule has 0 spiro atoms. The van der Waals surface area contributed by atoms with E-state index >= 15 is 0 Å². The zero-order valence-electron chi connectivity index (χ0n) is 10.7. The Morgan fingerprint density at radius 2 is 1.83 bits per heavy atom. The summed E-state index contributed by atoms with van der Waals surface area (Å²) < 4.78 is 0. The van der Waals surface area contributed by atoms with Crippen molar-refractivity contribution in [2.45, 2.75) is 6.04 Å². The highest BCUT2D eigenvalue weighted by atomic mass is 16.2. The minimum Gasteiger partial charge on any atom is -0.316 e. The Morgan fingerprint density at radius 1 is 1.22 bits per heavy atom. The summed E-state index contributed by atoms with van der Waals surface area (Å²) in [4.78, 5) is 14.2. The Bertz CT molecular complexity index is 387. The van der Waals surface area contributed by atoms with E-state index in [1.165, 1.54) is 0 Å². The van der Waals surface area contributed by atoms with Crippen LogP contribution in [0.2, 0.25) is 0 Å². The minimum atomic E-state index is -0.606. The van der Waals surface area contributed by atoms with Gasteiger partial charge in [-0.2, -0.15) is 0 Å². The predicted molar refractivity (Wildman–Crippen MR) is 70.6 cm³/mol. The third kappa shape index (κ3) is 3.29. The van der Waals surface area contributed by atoms with Crippen LogP contribution in [0.1, 0.15) is 11.6 Å². The normalized spacial score (nSPS) is 19.4. The molecule has 18 heavy (non-hydrogen) atoms. The average Bonchev–Trinajstić information content (AvgIpc) is 2.41. The van der Waals surface area contributed by atoms with Crippen molar-refractivity contribution >= 4 is 5.91 Å². The van der Waals surface area contributed by atoms with Gasteiger partial charge in [-0.3, -0.25) is 10.2 Å². The Morgan fingerprint density at radius 3 is 2.44 bits per heavy atom. The molecule has 3 N–H and O–H groups in total. The van der Waals surface area contributed by atoms with Crippen molar-refractivity contribution in [2.24, 2.45) is 5.73 Å². The van der Waals surface area contributed by atoms with Gasteiger partial charge in [0.1, 0.15) is 6.04 Å². The lowest BCUT2D eigenvalue weighted by molar-refractivity contribution is -0.128. The first-order chi connectivity index (χ1) is 8.66. The maximum Gasteiger partial charge on any atom is 0.255 e. The number of likely N-dealkylation sites (N-methyl/N-ethyl adjacent to an activating group) is 1. The van der Waals surface area contributed by atoms with Gasteiger partial charge in [-0.1, -0.05) is 30.3 Å². The standard InChI is InChI=1S/C13H20N4O/c1-16-7-9-17(10-8-16)15-13(18)12(14)11-5-3-2-4-6-11/h2-6,12H,7-10,14H2,1H3,(H,15,18)/t12-/m1/s1. The van der Waals surface area contributed by atoms with Crippen LogP contribution in [0.25, 0.3) is 0 Å². The number of carbonyl (C=O) groups is 1. The summed E-state index contributed by atoms with van der Waals surface area (Å²) in [5.74, 6) is -0.147. The van der Waals surface area contributed by atoms with Gasteiger partial charge in [-0.05, 0) is 12.6 Å². The van der Waals surface area contributed by atoms with E-state index in [0.717, 1.165) is 31.7 Å². The van der Waals surface area contributed by atoms with E-state index in [2.05, 4.69) is 17.4 Å². The van der Waals surface area contributed by atoms with E-state index in [9.17, 15) is 4.79 Å². The summed E-state index contributed by atoms with van der Waals surface area (Å²) in [6.45, 7) is 3.59. The molecule has 1 aliphatic heterocycles. The lowest BCUT2D eigenvalue weighted by Crippen LogP contribution is -2.54. The molecule has 0 radical (unpaired) electrons. The number of piperazine rings is 1. The van der Waals surface area contributed by atoms with Crippen LogP contribution in [-0.4, -0.2) is 49.0 Å². The van der Waals surface area contributed by atoms with Crippen molar-refractivity contribution in [3.8, 4) is 0 Å². The smallest absolute Gasteiger partial charge is 0.255 e. The largest absolute Gasteiger partial charge is 0.316 e. The highest BCUT2D eigenvalue weighted by Crippen LogP contribution is 2.09. The molecule has 1 amide bonds. The number of hydrogen-bond donors (Lipinski definition) is 2. The molecule has 1 aromatic rings. The first kappa shape index (κ1) is 13.0. The zero-order chi connectivity index (χ0) is 13.0. The third-order valence-electron chi connectivity index (χ3n) is 3.21. The Labute approximate surface area is 108 Å². The van der Waals surface area contributed by atoms with Gasteiger partial charge in [0.25, 0.3) is 5.91 Å². The molecule has 0 aliphatic carbocycles. The fourth-order valence-corrected chi connectivity index (χ4v) is 1.96. The predicted octanol–water partition coefficient (Wildman–Crippen LogP) is -0.0350. The summed E-state index contributed by atoms with van der Waals surface area (Å²) in [7, 11) is 2.08. The number of benzene rings is 1. The zero-order valence-corrected chi connectivity index (χ0v) is 10.7. The summed E-state index contributed by atoms with van der Waals surface area (Å²) in [6.07, 6.45) is 0. The number of carbonyl (C=O) groups excluding carboxylic acids is 1. The van der Waals surface area contributed by atoms with E-state index in [4.69, 9.17) is 5.73 Å². The number of nitrogens with zero attached hydrogens (tertiary/aromatic N) is 2. The fraction of sp³-hybridized carbons (Fsp3) is 0.462. The fourth-order valence-electron chi connectivity index (χ4n) is 1.96. The van der Waals surface area contributed by atoms with E-state index in [1.54, 1.807) is 0 Å². The molecule has 0 unspecified atom stereocenters. The van der Waals surface area contributed by atoms with Crippen molar-refractivity contribution in [1.29, 1.82) is 0 Å². The van der Waals surface area contributed by atoms with E-state index < -0.39 is 6.04 Å². The molecule has 2 rings (SSSR count). The maximum absolute atomic E-state index is 12.0. The van der Waals surface area contributed by atoms with Gasteiger partial charge < -0.3 is 10.6 Å². The van der Waals surface area contributed by atoms with Gasteiger partial charge in [0, 0.05) is 26.2 Å². The number of amides is 1. The van der Waals surface area contributed by atoms with E-state index in [0.29, 0.717) is 0 Å². The number of hydrogen-bond acceptors (Lipinski definition) is 4. The van der Waals surface area contributed by atoms with Gasteiger partial charge in [-0.15, -0.1) is 0 Å². The van der Waals surface area contributed by atoms with Crippen LogP contribution in [0.15, 0.2) is 30.3 Å². The highest BCUT2D eigenvalue weighted by Gasteiger charge is 2.20. The van der Waals surface area contributed by atoms with Crippen molar-refractivity contribution in [2.75, 3.05) is 33.2 Å².